The van der Waals surface area contributed by atoms with E-state index in [2.05, 4.69) is 20.2 Å². The number of hydrogen-bond acceptors (Lipinski definition) is 8. The molecular formula is C24H20N6O4. The summed E-state index contributed by atoms with van der Waals surface area (Å²) in [6.07, 6.45) is 6.66. The van der Waals surface area contributed by atoms with Gasteiger partial charge in [0.2, 0.25) is 0 Å². The fraction of sp³-hybridized carbons (Fsp3) is 0.167. The summed E-state index contributed by atoms with van der Waals surface area (Å²) in [5.74, 6) is -0.969. The van der Waals surface area contributed by atoms with Gasteiger partial charge in [0.25, 0.3) is 0 Å². The minimum absolute atomic E-state index is 0.0930. The number of benzene rings is 1. The number of ether oxygens (including phenoxy) is 2. The molecule has 0 amide bonds. The number of fused-ring (bicyclic) bond motifs is 2. The van der Waals surface area contributed by atoms with Crippen LogP contribution in [0.1, 0.15) is 43.2 Å². The Hall–Kier alpha value is -4.60. The van der Waals surface area contributed by atoms with E-state index in [-0.39, 0.29) is 13.2 Å². The first-order valence-corrected chi connectivity index (χ1v) is 10.5. The first-order chi connectivity index (χ1) is 16.5. The molecule has 0 aliphatic heterocycles. The molecule has 0 atom stereocenters. The standard InChI is InChI=1S/C24H20N6O4/c1-15-19(21-25-9-3-11-29(21)27-15)23(31)33-13-17-5-7-18(8-6-17)14-34-24(32)20-16(2)28-30-12-4-10-26-22(20)30/h3-12H,13-14H2,1-2H3. The average molecular weight is 456 g/mol. The Labute approximate surface area is 193 Å². The Morgan fingerprint density at radius 3 is 1.56 bits per heavy atom. The Bertz CT molecular complexity index is 1410. The lowest BCUT2D eigenvalue weighted by Crippen LogP contribution is -2.08. The molecule has 4 heterocycles. The zero-order chi connectivity index (χ0) is 23.7. The van der Waals surface area contributed by atoms with E-state index in [1.807, 2.05) is 24.3 Å². The summed E-state index contributed by atoms with van der Waals surface area (Å²) in [5, 5.41) is 8.56. The van der Waals surface area contributed by atoms with Crippen molar-refractivity contribution in [3.8, 4) is 0 Å². The van der Waals surface area contributed by atoms with Crippen molar-refractivity contribution in [2.24, 2.45) is 0 Å². The van der Waals surface area contributed by atoms with Crippen LogP contribution < -0.4 is 0 Å². The number of carbonyl (C=O) groups is 2. The summed E-state index contributed by atoms with van der Waals surface area (Å²) in [6.45, 7) is 3.67. The quantitative estimate of drug-likeness (QED) is 0.358. The molecule has 0 fully saturated rings. The normalized spacial score (nSPS) is 11.1. The lowest BCUT2D eigenvalue weighted by molar-refractivity contribution is 0.0461. The molecule has 34 heavy (non-hydrogen) atoms. The van der Waals surface area contributed by atoms with Crippen LogP contribution in [0.3, 0.4) is 0 Å². The van der Waals surface area contributed by atoms with Crippen LogP contribution in [0.25, 0.3) is 11.3 Å². The number of aryl methyl sites for hydroxylation is 2. The second-order valence-corrected chi connectivity index (χ2v) is 7.67. The second-order valence-electron chi connectivity index (χ2n) is 7.67. The molecule has 5 aromatic rings. The van der Waals surface area contributed by atoms with E-state index in [1.165, 1.54) is 0 Å². The molecule has 0 saturated heterocycles. The smallest absolute Gasteiger partial charge is 0.344 e. The molecule has 5 rings (SSSR count). The third-order valence-electron chi connectivity index (χ3n) is 5.31. The van der Waals surface area contributed by atoms with E-state index in [4.69, 9.17) is 9.47 Å². The van der Waals surface area contributed by atoms with Gasteiger partial charge >= 0.3 is 11.9 Å². The third kappa shape index (κ3) is 3.96. The molecule has 10 heteroatoms. The molecule has 4 aromatic heterocycles. The van der Waals surface area contributed by atoms with Gasteiger partial charge in [0.05, 0.1) is 11.4 Å². The van der Waals surface area contributed by atoms with Gasteiger partial charge < -0.3 is 9.47 Å². The second kappa shape index (κ2) is 8.74. The highest BCUT2D eigenvalue weighted by molar-refractivity contribution is 5.97. The minimum atomic E-state index is -0.485. The van der Waals surface area contributed by atoms with Crippen LogP contribution in [0, 0.1) is 13.8 Å². The van der Waals surface area contributed by atoms with Gasteiger partial charge in [-0.15, -0.1) is 0 Å². The maximum Gasteiger partial charge on any atom is 0.344 e. The Kier molecular flexibility index (Phi) is 5.46. The molecule has 10 nitrogen and oxygen atoms in total. The van der Waals surface area contributed by atoms with E-state index in [9.17, 15) is 9.59 Å². The summed E-state index contributed by atoms with van der Waals surface area (Å²) in [5.41, 5.74) is 4.32. The monoisotopic (exact) mass is 456 g/mol. The first kappa shape index (κ1) is 21.3. The van der Waals surface area contributed by atoms with Crippen molar-refractivity contribution in [1.82, 2.24) is 29.2 Å². The van der Waals surface area contributed by atoms with E-state index in [0.717, 1.165) is 11.1 Å². The summed E-state index contributed by atoms with van der Waals surface area (Å²) >= 11 is 0. The predicted molar refractivity (Wildman–Crippen MR) is 120 cm³/mol. The molecule has 0 unspecified atom stereocenters. The average Bonchev–Trinajstić information content (AvgIpc) is 3.36. The minimum Gasteiger partial charge on any atom is -0.457 e. The van der Waals surface area contributed by atoms with E-state index in [1.54, 1.807) is 59.8 Å². The number of esters is 2. The lowest BCUT2D eigenvalue weighted by atomic mass is 10.1. The topological polar surface area (TPSA) is 113 Å². The van der Waals surface area contributed by atoms with Crippen LogP contribution in [0.4, 0.5) is 0 Å². The molecule has 0 spiro atoms. The van der Waals surface area contributed by atoms with Crippen LogP contribution in [-0.4, -0.2) is 41.1 Å². The van der Waals surface area contributed by atoms with Crippen molar-refractivity contribution in [2.75, 3.05) is 0 Å². The van der Waals surface area contributed by atoms with Gasteiger partial charge in [-0.2, -0.15) is 10.2 Å². The highest BCUT2D eigenvalue weighted by Gasteiger charge is 2.20. The summed E-state index contributed by atoms with van der Waals surface area (Å²) in [4.78, 5) is 33.6. The molecule has 1 aromatic carbocycles. The van der Waals surface area contributed by atoms with Gasteiger partial charge in [-0.25, -0.2) is 28.6 Å². The highest BCUT2D eigenvalue weighted by Crippen LogP contribution is 2.17. The van der Waals surface area contributed by atoms with Gasteiger partial charge in [-0.3, -0.25) is 0 Å². The zero-order valence-corrected chi connectivity index (χ0v) is 18.5. The van der Waals surface area contributed by atoms with Crippen molar-refractivity contribution in [2.45, 2.75) is 27.1 Å². The fourth-order valence-corrected chi connectivity index (χ4v) is 3.64. The van der Waals surface area contributed by atoms with Crippen molar-refractivity contribution < 1.29 is 19.1 Å². The number of hydrogen-bond donors (Lipinski definition) is 0. The van der Waals surface area contributed by atoms with Gasteiger partial charge in [0.15, 0.2) is 11.3 Å². The molecule has 170 valence electrons. The first-order valence-electron chi connectivity index (χ1n) is 10.5. The SMILES string of the molecule is Cc1nn2cccnc2c1C(=O)OCc1ccc(COC(=O)c2c(C)nn3cccnc23)cc1. The zero-order valence-electron chi connectivity index (χ0n) is 18.5. The lowest BCUT2D eigenvalue weighted by Gasteiger charge is -2.07. The Balaban J connectivity index is 1.20. The van der Waals surface area contributed by atoms with Crippen LogP contribution in [0.15, 0.2) is 61.2 Å². The van der Waals surface area contributed by atoms with Crippen LogP contribution in [0.5, 0.6) is 0 Å². The van der Waals surface area contributed by atoms with Crippen molar-refractivity contribution in [3.05, 3.63) is 94.8 Å². The molecule has 0 bridgehead atoms. The van der Waals surface area contributed by atoms with E-state index in [0.29, 0.717) is 33.8 Å². The Morgan fingerprint density at radius 1 is 0.735 bits per heavy atom. The Morgan fingerprint density at radius 2 is 1.15 bits per heavy atom. The largest absolute Gasteiger partial charge is 0.457 e. The number of rotatable bonds is 6. The molecule has 0 aliphatic carbocycles. The summed E-state index contributed by atoms with van der Waals surface area (Å²) in [7, 11) is 0. The van der Waals surface area contributed by atoms with E-state index >= 15 is 0 Å². The van der Waals surface area contributed by atoms with Crippen LogP contribution in [-0.2, 0) is 22.7 Å². The molecule has 0 aliphatic rings. The van der Waals surface area contributed by atoms with Crippen molar-refractivity contribution in [1.29, 1.82) is 0 Å². The molecule has 0 N–H and O–H groups in total. The fourth-order valence-electron chi connectivity index (χ4n) is 3.64. The molecule has 0 saturated carbocycles. The number of carbonyl (C=O) groups excluding carboxylic acids is 2. The maximum absolute atomic E-state index is 12.6. The van der Waals surface area contributed by atoms with Crippen molar-refractivity contribution in [3.63, 3.8) is 0 Å². The summed E-state index contributed by atoms with van der Waals surface area (Å²) < 4.78 is 14.0. The van der Waals surface area contributed by atoms with Crippen LogP contribution >= 0.6 is 0 Å². The summed E-state index contributed by atoms with van der Waals surface area (Å²) in [6, 6.07) is 10.8. The van der Waals surface area contributed by atoms with Gasteiger partial charge in [-0.05, 0) is 37.1 Å². The van der Waals surface area contributed by atoms with Crippen LogP contribution in [0.2, 0.25) is 0 Å². The van der Waals surface area contributed by atoms with Gasteiger partial charge in [0.1, 0.15) is 24.3 Å². The third-order valence-corrected chi connectivity index (χ3v) is 5.31. The molecule has 0 radical (unpaired) electrons. The molecular weight excluding hydrogens is 436 g/mol. The number of nitrogens with zero attached hydrogens (tertiary/aromatic N) is 6. The van der Waals surface area contributed by atoms with E-state index < -0.39 is 11.9 Å². The van der Waals surface area contributed by atoms with Crippen molar-refractivity contribution >= 4 is 23.2 Å². The predicted octanol–water partition coefficient (Wildman–Crippen LogP) is 3.10. The van der Waals surface area contributed by atoms with Gasteiger partial charge in [-0.1, -0.05) is 24.3 Å². The highest BCUT2D eigenvalue weighted by atomic mass is 16.5. The number of aromatic nitrogens is 6. The maximum atomic E-state index is 12.6. The van der Waals surface area contributed by atoms with Gasteiger partial charge in [0, 0.05) is 24.8 Å².